The Morgan fingerprint density at radius 2 is 2.32 bits per heavy atom. The van der Waals surface area contributed by atoms with E-state index in [0.29, 0.717) is 5.92 Å². The largest absolute Gasteiger partial charge is 0.382 e. The van der Waals surface area contributed by atoms with Crippen LogP contribution in [0.15, 0.2) is 24.7 Å². The van der Waals surface area contributed by atoms with Crippen LogP contribution >= 0.6 is 0 Å². The molecule has 1 aliphatic heterocycles. The van der Waals surface area contributed by atoms with Crippen LogP contribution in [0.4, 0.5) is 5.69 Å². The molecular weight excluding hydrogens is 320 g/mol. The van der Waals surface area contributed by atoms with Crippen molar-refractivity contribution in [3.8, 4) is 0 Å². The lowest BCUT2D eigenvalue weighted by Gasteiger charge is -2.32. The van der Waals surface area contributed by atoms with E-state index in [4.69, 9.17) is 4.74 Å². The van der Waals surface area contributed by atoms with E-state index < -0.39 is 0 Å². The maximum Gasteiger partial charge on any atom is 0.241 e. The highest BCUT2D eigenvalue weighted by Gasteiger charge is 2.29. The first-order valence-corrected chi connectivity index (χ1v) is 8.81. The quantitative estimate of drug-likeness (QED) is 0.792. The summed E-state index contributed by atoms with van der Waals surface area (Å²) in [5, 5.41) is 14.6. The van der Waals surface area contributed by atoms with Crippen molar-refractivity contribution < 1.29 is 9.53 Å². The molecule has 8 heteroatoms. The molecule has 2 N–H and O–H groups in total. The van der Waals surface area contributed by atoms with Crippen molar-refractivity contribution in [3.05, 3.63) is 30.4 Å². The van der Waals surface area contributed by atoms with Gasteiger partial charge < -0.3 is 15.4 Å². The molecule has 0 bridgehead atoms. The van der Waals surface area contributed by atoms with E-state index >= 15 is 0 Å². The molecule has 1 fully saturated rings. The molecule has 0 saturated carbocycles. The second-order valence-electron chi connectivity index (χ2n) is 6.25. The molecule has 0 spiro atoms. The lowest BCUT2D eigenvalue weighted by Crippen LogP contribution is -2.30. The maximum atomic E-state index is 11.4. The minimum atomic E-state index is -0.0665. The van der Waals surface area contributed by atoms with Gasteiger partial charge >= 0.3 is 0 Å². The van der Waals surface area contributed by atoms with Gasteiger partial charge in [0.1, 0.15) is 12.6 Å². The van der Waals surface area contributed by atoms with Gasteiger partial charge in [-0.3, -0.25) is 14.2 Å². The molecule has 0 radical (unpaired) electrons. The zero-order chi connectivity index (χ0) is 17.6. The first-order chi connectivity index (χ1) is 12.2. The van der Waals surface area contributed by atoms with Crippen LogP contribution in [0, 0.1) is 5.92 Å². The van der Waals surface area contributed by atoms with E-state index in [-0.39, 0.29) is 18.6 Å². The number of amides is 1. The van der Waals surface area contributed by atoms with Crippen molar-refractivity contribution in [1.29, 1.82) is 0 Å². The summed E-state index contributed by atoms with van der Waals surface area (Å²) in [6.45, 7) is 4.75. The molecule has 2 aromatic heterocycles. The van der Waals surface area contributed by atoms with Gasteiger partial charge in [0, 0.05) is 45.1 Å². The molecule has 0 aliphatic carbocycles. The summed E-state index contributed by atoms with van der Waals surface area (Å²) in [4.78, 5) is 11.4. The van der Waals surface area contributed by atoms with Crippen LogP contribution in [0.5, 0.6) is 0 Å². The predicted molar refractivity (Wildman–Crippen MR) is 94.1 cm³/mol. The number of likely N-dealkylation sites (N-methyl/N-ethyl adjacent to an activating group) is 1. The summed E-state index contributed by atoms with van der Waals surface area (Å²) < 4.78 is 9.70. The summed E-state index contributed by atoms with van der Waals surface area (Å²) in [5.74, 6) is 0.307. The molecule has 2 aromatic rings. The molecule has 1 amide bonds. The Balaban J connectivity index is 1.62. The Labute approximate surface area is 147 Å². The van der Waals surface area contributed by atoms with E-state index in [2.05, 4.69) is 27.8 Å². The highest BCUT2D eigenvalue weighted by Crippen LogP contribution is 2.33. The number of carbonyl (C=O) groups excluding carboxylic acids is 1. The fourth-order valence-electron chi connectivity index (χ4n) is 3.24. The lowest BCUT2D eigenvalue weighted by atomic mass is 9.92. The molecule has 0 aromatic carbocycles. The number of anilines is 1. The van der Waals surface area contributed by atoms with Crippen LogP contribution in [0.2, 0.25) is 0 Å². The third-order valence-corrected chi connectivity index (χ3v) is 4.57. The van der Waals surface area contributed by atoms with Gasteiger partial charge in [0.05, 0.1) is 17.6 Å². The van der Waals surface area contributed by atoms with Crippen molar-refractivity contribution >= 4 is 11.6 Å². The van der Waals surface area contributed by atoms with Gasteiger partial charge in [-0.2, -0.15) is 10.2 Å². The molecule has 25 heavy (non-hydrogen) atoms. The number of ether oxygens (including phenoxy) is 1. The third kappa shape index (κ3) is 4.19. The summed E-state index contributed by atoms with van der Waals surface area (Å²) in [7, 11) is 1.62. The van der Waals surface area contributed by atoms with Crippen molar-refractivity contribution in [2.45, 2.75) is 39.0 Å². The van der Waals surface area contributed by atoms with Gasteiger partial charge in [-0.1, -0.05) is 0 Å². The monoisotopic (exact) mass is 346 g/mol. The van der Waals surface area contributed by atoms with Crippen LogP contribution in [-0.2, 0) is 22.6 Å². The van der Waals surface area contributed by atoms with Gasteiger partial charge in [0.15, 0.2) is 0 Å². The van der Waals surface area contributed by atoms with Crippen molar-refractivity contribution in [1.82, 2.24) is 24.9 Å². The summed E-state index contributed by atoms with van der Waals surface area (Å²) >= 11 is 0. The van der Waals surface area contributed by atoms with E-state index in [1.165, 1.54) is 0 Å². The summed E-state index contributed by atoms with van der Waals surface area (Å²) in [6, 6.07) is 2.05. The minimum absolute atomic E-state index is 0.0598. The fraction of sp³-hybridized carbons (Fsp3) is 0.588. The zero-order valence-corrected chi connectivity index (χ0v) is 14.8. The molecule has 1 aliphatic rings. The standard InChI is InChI=1S/C17H26N6O2/c1-3-23-15(6-7-20-23)17-13(5-4-8-25-17)9-19-14-10-21-22(11-14)12-16(24)18-2/h6-7,10-11,13,17,19H,3-5,8-9,12H2,1-2H3,(H,18,24)/t13-,17+/m0/s1. The van der Waals surface area contributed by atoms with Crippen LogP contribution in [-0.4, -0.2) is 45.7 Å². The predicted octanol–water partition coefficient (Wildman–Crippen LogP) is 1.43. The third-order valence-electron chi connectivity index (χ3n) is 4.57. The normalized spacial score (nSPS) is 20.4. The number of hydrogen-bond acceptors (Lipinski definition) is 5. The van der Waals surface area contributed by atoms with E-state index in [9.17, 15) is 4.79 Å². The number of aromatic nitrogens is 4. The van der Waals surface area contributed by atoms with Gasteiger partial charge in [-0.25, -0.2) is 0 Å². The Kier molecular flexibility index (Phi) is 5.70. The number of aryl methyl sites for hydroxylation is 1. The molecule has 3 heterocycles. The summed E-state index contributed by atoms with van der Waals surface area (Å²) in [5.41, 5.74) is 2.06. The molecule has 8 nitrogen and oxygen atoms in total. The Hall–Kier alpha value is -2.35. The molecule has 1 saturated heterocycles. The smallest absolute Gasteiger partial charge is 0.241 e. The van der Waals surface area contributed by atoms with Gasteiger partial charge in [0.25, 0.3) is 0 Å². The van der Waals surface area contributed by atoms with Crippen LogP contribution < -0.4 is 10.6 Å². The first kappa shape index (κ1) is 17.5. The lowest BCUT2D eigenvalue weighted by molar-refractivity contribution is -0.121. The van der Waals surface area contributed by atoms with Gasteiger partial charge in [-0.05, 0) is 25.8 Å². The van der Waals surface area contributed by atoms with Crippen molar-refractivity contribution in [3.63, 3.8) is 0 Å². The Morgan fingerprint density at radius 3 is 3.12 bits per heavy atom. The minimum Gasteiger partial charge on any atom is -0.382 e. The van der Waals surface area contributed by atoms with E-state index in [0.717, 1.165) is 43.9 Å². The van der Waals surface area contributed by atoms with Gasteiger partial charge in [-0.15, -0.1) is 0 Å². The molecule has 3 rings (SSSR count). The topological polar surface area (TPSA) is 86.0 Å². The van der Waals surface area contributed by atoms with Crippen LogP contribution in [0.25, 0.3) is 0 Å². The van der Waals surface area contributed by atoms with Crippen molar-refractivity contribution in [2.75, 3.05) is 25.5 Å². The average Bonchev–Trinajstić information content (AvgIpc) is 3.29. The average molecular weight is 346 g/mol. The second kappa shape index (κ2) is 8.15. The number of nitrogens with zero attached hydrogens (tertiary/aromatic N) is 4. The number of hydrogen-bond donors (Lipinski definition) is 2. The second-order valence-corrected chi connectivity index (χ2v) is 6.25. The number of nitrogens with one attached hydrogen (secondary N) is 2. The SMILES string of the molecule is CCn1nccc1[C@@H]1OCCC[C@H]1CNc1cnn(CC(=O)NC)c1. The first-order valence-electron chi connectivity index (χ1n) is 8.81. The maximum absolute atomic E-state index is 11.4. The van der Waals surface area contributed by atoms with Crippen LogP contribution in [0.3, 0.4) is 0 Å². The van der Waals surface area contributed by atoms with E-state index in [1.54, 1.807) is 17.9 Å². The van der Waals surface area contributed by atoms with Crippen LogP contribution in [0.1, 0.15) is 31.6 Å². The zero-order valence-electron chi connectivity index (χ0n) is 14.8. The van der Waals surface area contributed by atoms with Crippen molar-refractivity contribution in [2.24, 2.45) is 5.92 Å². The summed E-state index contributed by atoms with van der Waals surface area (Å²) in [6.07, 6.45) is 7.68. The van der Waals surface area contributed by atoms with Gasteiger partial charge in [0.2, 0.25) is 5.91 Å². The molecule has 0 unspecified atom stereocenters. The molecular formula is C17H26N6O2. The fourth-order valence-corrected chi connectivity index (χ4v) is 3.24. The molecule has 2 atom stereocenters. The highest BCUT2D eigenvalue weighted by molar-refractivity contribution is 5.75. The molecule has 136 valence electrons. The number of carbonyl (C=O) groups is 1. The Bertz CT molecular complexity index is 695. The Morgan fingerprint density at radius 1 is 1.44 bits per heavy atom. The highest BCUT2D eigenvalue weighted by atomic mass is 16.5. The van der Waals surface area contributed by atoms with E-state index in [1.807, 2.05) is 23.1 Å². The number of rotatable bonds is 7.